The second-order valence-electron chi connectivity index (χ2n) is 4.67. The molecule has 1 rings (SSSR count). The van der Waals surface area contributed by atoms with Crippen molar-refractivity contribution in [3.63, 3.8) is 0 Å². The van der Waals surface area contributed by atoms with Gasteiger partial charge in [-0.1, -0.05) is 36.8 Å². The molecule has 4 nitrogen and oxygen atoms in total. The molecule has 4 heteroatoms. The Labute approximate surface area is 108 Å². The van der Waals surface area contributed by atoms with E-state index in [9.17, 15) is 4.79 Å². The third-order valence-electron chi connectivity index (χ3n) is 2.94. The van der Waals surface area contributed by atoms with E-state index in [0.29, 0.717) is 5.92 Å². The standard InChI is InChI=1S/C14H21N3O/c1-10-4-8-13(9-5-10)11(2)6-7-12(3)16-17-14(15)18/h4-5,8-9,11H,6-7H2,1-3H3,(H3,15,17,18)/t11-/m1/s1. The van der Waals surface area contributed by atoms with Gasteiger partial charge in [0.25, 0.3) is 0 Å². The molecule has 1 aromatic rings. The first kappa shape index (κ1) is 14.2. The highest BCUT2D eigenvalue weighted by Crippen LogP contribution is 2.21. The Bertz CT molecular complexity index is 423. The molecule has 0 bridgehead atoms. The van der Waals surface area contributed by atoms with E-state index in [2.05, 4.69) is 48.6 Å². The Balaban J connectivity index is 2.45. The maximum absolute atomic E-state index is 10.5. The first-order chi connectivity index (χ1) is 8.49. The summed E-state index contributed by atoms with van der Waals surface area (Å²) in [6, 6.07) is 7.95. The molecule has 0 aromatic heterocycles. The summed E-state index contributed by atoms with van der Waals surface area (Å²) in [5, 5.41) is 3.90. The highest BCUT2D eigenvalue weighted by molar-refractivity contribution is 5.83. The molecule has 0 radical (unpaired) electrons. The number of carbonyl (C=O) groups excluding carboxylic acids is 1. The van der Waals surface area contributed by atoms with Crippen molar-refractivity contribution in [2.24, 2.45) is 10.8 Å². The summed E-state index contributed by atoms with van der Waals surface area (Å²) in [5.41, 5.74) is 10.7. The van der Waals surface area contributed by atoms with Gasteiger partial charge in [0.1, 0.15) is 0 Å². The topological polar surface area (TPSA) is 67.5 Å². The molecular formula is C14H21N3O. The zero-order valence-electron chi connectivity index (χ0n) is 11.2. The van der Waals surface area contributed by atoms with Crippen molar-refractivity contribution in [3.05, 3.63) is 35.4 Å². The molecule has 0 aliphatic carbocycles. The smallest absolute Gasteiger partial charge is 0.332 e. The van der Waals surface area contributed by atoms with Gasteiger partial charge in [-0.15, -0.1) is 0 Å². The summed E-state index contributed by atoms with van der Waals surface area (Å²) in [6.07, 6.45) is 1.84. The largest absolute Gasteiger partial charge is 0.350 e. The zero-order valence-corrected chi connectivity index (χ0v) is 11.2. The van der Waals surface area contributed by atoms with Gasteiger partial charge in [0.15, 0.2) is 0 Å². The fraction of sp³-hybridized carbons (Fsp3) is 0.429. The number of rotatable bonds is 5. The van der Waals surface area contributed by atoms with Crippen molar-refractivity contribution >= 4 is 11.7 Å². The minimum Gasteiger partial charge on any atom is -0.350 e. The number of urea groups is 1. The molecule has 2 amide bonds. The van der Waals surface area contributed by atoms with Crippen LogP contribution in [0.5, 0.6) is 0 Å². The fourth-order valence-electron chi connectivity index (χ4n) is 1.69. The van der Waals surface area contributed by atoms with Gasteiger partial charge in [-0.25, -0.2) is 10.2 Å². The van der Waals surface area contributed by atoms with Crippen LogP contribution in [0.4, 0.5) is 4.79 Å². The van der Waals surface area contributed by atoms with Crippen molar-refractivity contribution in [1.82, 2.24) is 5.43 Å². The van der Waals surface area contributed by atoms with Crippen LogP contribution in [0.3, 0.4) is 0 Å². The highest BCUT2D eigenvalue weighted by atomic mass is 16.2. The van der Waals surface area contributed by atoms with Crippen LogP contribution in [-0.4, -0.2) is 11.7 Å². The van der Waals surface area contributed by atoms with Gasteiger partial charge in [-0.05, 0) is 38.2 Å². The minimum absolute atomic E-state index is 0.476. The minimum atomic E-state index is -0.624. The molecule has 0 unspecified atom stereocenters. The van der Waals surface area contributed by atoms with Crippen LogP contribution in [0, 0.1) is 6.92 Å². The molecule has 3 N–H and O–H groups in total. The second kappa shape index (κ2) is 6.79. The molecule has 0 spiro atoms. The van der Waals surface area contributed by atoms with Gasteiger partial charge < -0.3 is 5.73 Å². The monoisotopic (exact) mass is 247 g/mol. The van der Waals surface area contributed by atoms with Crippen molar-refractivity contribution in [1.29, 1.82) is 0 Å². The number of nitrogens with two attached hydrogens (primary N) is 1. The lowest BCUT2D eigenvalue weighted by atomic mass is 9.94. The summed E-state index contributed by atoms with van der Waals surface area (Å²) in [6.45, 7) is 6.16. The van der Waals surface area contributed by atoms with Crippen molar-refractivity contribution in [2.75, 3.05) is 0 Å². The van der Waals surface area contributed by atoms with Crippen molar-refractivity contribution < 1.29 is 4.79 Å². The number of aryl methyl sites for hydroxylation is 1. The molecule has 0 aliphatic rings. The SMILES string of the molecule is CC(CC[C@@H](C)c1ccc(C)cc1)=NNC(N)=O. The number of primary amides is 1. The Morgan fingerprint density at radius 2 is 2.00 bits per heavy atom. The summed E-state index contributed by atoms with van der Waals surface area (Å²) >= 11 is 0. The number of carbonyl (C=O) groups is 1. The van der Waals surface area contributed by atoms with Crippen LogP contribution in [0.15, 0.2) is 29.4 Å². The summed E-state index contributed by atoms with van der Waals surface area (Å²) < 4.78 is 0. The van der Waals surface area contributed by atoms with Crippen molar-refractivity contribution in [2.45, 2.75) is 39.5 Å². The molecule has 1 atom stereocenters. The van der Waals surface area contributed by atoms with E-state index < -0.39 is 6.03 Å². The molecule has 0 heterocycles. The van der Waals surface area contributed by atoms with Gasteiger partial charge >= 0.3 is 6.03 Å². The van der Waals surface area contributed by atoms with Crippen LogP contribution in [0.1, 0.15) is 43.7 Å². The van der Waals surface area contributed by atoms with E-state index in [0.717, 1.165) is 18.6 Å². The quantitative estimate of drug-likeness (QED) is 0.609. The van der Waals surface area contributed by atoms with Gasteiger partial charge in [0.2, 0.25) is 0 Å². The number of hydrogen-bond donors (Lipinski definition) is 2. The number of hydrogen-bond acceptors (Lipinski definition) is 2. The Kier molecular flexibility index (Phi) is 5.36. The Morgan fingerprint density at radius 1 is 1.39 bits per heavy atom. The van der Waals surface area contributed by atoms with E-state index in [1.807, 2.05) is 6.92 Å². The van der Waals surface area contributed by atoms with E-state index in [1.165, 1.54) is 11.1 Å². The van der Waals surface area contributed by atoms with Gasteiger partial charge in [-0.3, -0.25) is 0 Å². The summed E-state index contributed by atoms with van der Waals surface area (Å²) in [7, 11) is 0. The van der Waals surface area contributed by atoms with E-state index >= 15 is 0 Å². The molecule has 98 valence electrons. The number of hydrazone groups is 1. The van der Waals surface area contributed by atoms with Gasteiger partial charge in [0.05, 0.1) is 0 Å². The van der Waals surface area contributed by atoms with E-state index in [-0.39, 0.29) is 0 Å². The normalized spacial score (nSPS) is 13.2. The number of nitrogens with zero attached hydrogens (tertiary/aromatic N) is 1. The highest BCUT2D eigenvalue weighted by Gasteiger charge is 2.06. The fourth-order valence-corrected chi connectivity index (χ4v) is 1.69. The maximum Gasteiger partial charge on any atom is 0.332 e. The Morgan fingerprint density at radius 3 is 2.56 bits per heavy atom. The van der Waals surface area contributed by atoms with Crippen molar-refractivity contribution in [3.8, 4) is 0 Å². The van der Waals surface area contributed by atoms with Crippen LogP contribution >= 0.6 is 0 Å². The number of benzene rings is 1. The molecule has 0 saturated heterocycles. The Hall–Kier alpha value is -1.84. The van der Waals surface area contributed by atoms with Crippen LogP contribution < -0.4 is 11.2 Å². The molecule has 0 aliphatic heterocycles. The third-order valence-corrected chi connectivity index (χ3v) is 2.94. The third kappa shape index (κ3) is 4.99. The first-order valence-corrected chi connectivity index (χ1v) is 6.14. The second-order valence-corrected chi connectivity index (χ2v) is 4.67. The number of amides is 2. The first-order valence-electron chi connectivity index (χ1n) is 6.14. The molecular weight excluding hydrogens is 226 g/mol. The average molecular weight is 247 g/mol. The molecule has 1 aromatic carbocycles. The van der Waals surface area contributed by atoms with Crippen LogP contribution in [0.25, 0.3) is 0 Å². The lowest BCUT2D eigenvalue weighted by molar-refractivity contribution is 0.249. The molecule has 0 saturated carbocycles. The lowest BCUT2D eigenvalue weighted by Gasteiger charge is -2.11. The predicted octanol–water partition coefficient (Wildman–Crippen LogP) is 2.92. The molecule has 0 fully saturated rings. The average Bonchev–Trinajstić information content (AvgIpc) is 2.34. The predicted molar refractivity (Wildman–Crippen MR) is 74.7 cm³/mol. The molecule has 18 heavy (non-hydrogen) atoms. The number of nitrogens with one attached hydrogen (secondary N) is 1. The van der Waals surface area contributed by atoms with E-state index in [4.69, 9.17) is 5.73 Å². The van der Waals surface area contributed by atoms with Gasteiger partial charge in [0, 0.05) is 5.71 Å². The summed E-state index contributed by atoms with van der Waals surface area (Å²) in [5.74, 6) is 0.476. The van der Waals surface area contributed by atoms with Crippen LogP contribution in [-0.2, 0) is 0 Å². The lowest BCUT2D eigenvalue weighted by Crippen LogP contribution is -2.25. The summed E-state index contributed by atoms with van der Waals surface area (Å²) in [4.78, 5) is 10.5. The van der Waals surface area contributed by atoms with Gasteiger partial charge in [-0.2, -0.15) is 5.10 Å². The maximum atomic E-state index is 10.5. The van der Waals surface area contributed by atoms with E-state index in [1.54, 1.807) is 0 Å². The van der Waals surface area contributed by atoms with Crippen LogP contribution in [0.2, 0.25) is 0 Å². The zero-order chi connectivity index (χ0) is 13.5.